The van der Waals surface area contributed by atoms with Crippen molar-refractivity contribution in [2.24, 2.45) is 0 Å². The number of methoxy groups -OCH3 is 1. The zero-order chi connectivity index (χ0) is 9.03. The fraction of sp³-hybridized carbons (Fsp3) is 0.625. The molecule has 0 fully saturated rings. The van der Waals surface area contributed by atoms with E-state index in [-0.39, 0.29) is 10.9 Å². The van der Waals surface area contributed by atoms with Crippen LogP contribution >= 0.6 is 11.8 Å². The van der Waals surface area contributed by atoms with Crippen LogP contribution < -0.4 is 0 Å². The summed E-state index contributed by atoms with van der Waals surface area (Å²) in [5, 5.41) is 0. The molecule has 0 amide bonds. The van der Waals surface area contributed by atoms with Gasteiger partial charge in [-0.25, -0.2) is 0 Å². The summed E-state index contributed by atoms with van der Waals surface area (Å²) in [6, 6.07) is 0. The normalized spacial score (nSPS) is 26.8. The summed E-state index contributed by atoms with van der Waals surface area (Å²) in [5.74, 6) is 0.131. The second-order valence-corrected chi connectivity index (χ2v) is 4.13. The molecule has 3 nitrogen and oxygen atoms in total. The summed E-state index contributed by atoms with van der Waals surface area (Å²) in [6.07, 6.45) is 4.46. The van der Waals surface area contributed by atoms with Crippen LogP contribution in [0.3, 0.4) is 0 Å². The van der Waals surface area contributed by atoms with Crippen LogP contribution in [0, 0.1) is 0 Å². The molecule has 68 valence electrons. The molecular weight excluding hydrogens is 176 g/mol. The molecular formula is C8H12O3S. The average Bonchev–Trinajstić information content (AvgIpc) is 2.49. The SMILES string of the molecule is COC(=O)CS[C@@]1(C)CC=CO1. The van der Waals surface area contributed by atoms with Gasteiger partial charge < -0.3 is 9.47 Å². The van der Waals surface area contributed by atoms with Gasteiger partial charge in [0.15, 0.2) is 4.93 Å². The molecule has 0 aromatic heterocycles. The van der Waals surface area contributed by atoms with Gasteiger partial charge in [0.2, 0.25) is 0 Å². The highest BCUT2D eigenvalue weighted by Crippen LogP contribution is 2.34. The molecule has 1 rings (SSSR count). The highest BCUT2D eigenvalue weighted by Gasteiger charge is 2.28. The van der Waals surface area contributed by atoms with Crippen molar-refractivity contribution in [2.45, 2.75) is 18.3 Å². The second-order valence-electron chi connectivity index (χ2n) is 2.69. The fourth-order valence-electron chi connectivity index (χ4n) is 0.866. The predicted octanol–water partition coefficient (Wildman–Crippen LogP) is 1.54. The molecule has 1 aliphatic heterocycles. The van der Waals surface area contributed by atoms with Gasteiger partial charge in [0.25, 0.3) is 0 Å². The first-order chi connectivity index (χ1) is 5.66. The molecule has 0 saturated heterocycles. The van der Waals surface area contributed by atoms with E-state index in [4.69, 9.17) is 4.74 Å². The number of hydrogen-bond donors (Lipinski definition) is 0. The van der Waals surface area contributed by atoms with E-state index in [0.717, 1.165) is 6.42 Å². The minimum atomic E-state index is -0.270. The van der Waals surface area contributed by atoms with Crippen LogP contribution in [0.15, 0.2) is 12.3 Å². The van der Waals surface area contributed by atoms with Gasteiger partial charge in [-0.05, 0) is 13.0 Å². The lowest BCUT2D eigenvalue weighted by molar-refractivity contribution is -0.137. The molecule has 0 aromatic rings. The van der Waals surface area contributed by atoms with Gasteiger partial charge in [-0.15, -0.1) is 11.8 Å². The van der Waals surface area contributed by atoms with Crippen LogP contribution in [-0.2, 0) is 14.3 Å². The highest BCUT2D eigenvalue weighted by atomic mass is 32.2. The van der Waals surface area contributed by atoms with Crippen LogP contribution in [0.1, 0.15) is 13.3 Å². The third-order valence-electron chi connectivity index (χ3n) is 1.63. The molecule has 4 heteroatoms. The molecule has 0 unspecified atom stereocenters. The van der Waals surface area contributed by atoms with E-state index < -0.39 is 0 Å². The van der Waals surface area contributed by atoms with Gasteiger partial charge in [0.05, 0.1) is 19.1 Å². The molecule has 0 bridgehead atoms. The van der Waals surface area contributed by atoms with E-state index in [2.05, 4.69) is 4.74 Å². The quantitative estimate of drug-likeness (QED) is 0.629. The lowest BCUT2D eigenvalue weighted by Crippen LogP contribution is -2.20. The monoisotopic (exact) mass is 188 g/mol. The molecule has 1 aliphatic rings. The molecule has 12 heavy (non-hydrogen) atoms. The fourth-order valence-corrected chi connectivity index (χ4v) is 1.74. The number of rotatable bonds is 3. The molecule has 0 radical (unpaired) electrons. The number of carbonyl (C=O) groups excluding carboxylic acids is 1. The van der Waals surface area contributed by atoms with Crippen molar-refractivity contribution in [3.05, 3.63) is 12.3 Å². The topological polar surface area (TPSA) is 35.5 Å². The van der Waals surface area contributed by atoms with Crippen molar-refractivity contribution in [1.82, 2.24) is 0 Å². The number of hydrogen-bond acceptors (Lipinski definition) is 4. The number of esters is 1. The molecule has 0 spiro atoms. The van der Waals surface area contributed by atoms with E-state index in [9.17, 15) is 4.79 Å². The summed E-state index contributed by atoms with van der Waals surface area (Å²) in [6.45, 7) is 1.96. The molecule has 1 atom stereocenters. The maximum atomic E-state index is 10.8. The minimum absolute atomic E-state index is 0.211. The number of carbonyl (C=O) groups is 1. The molecule has 0 aromatic carbocycles. The average molecular weight is 188 g/mol. The Labute approximate surface area is 76.1 Å². The Hall–Kier alpha value is -0.640. The zero-order valence-electron chi connectivity index (χ0n) is 7.20. The van der Waals surface area contributed by atoms with Crippen LogP contribution in [-0.4, -0.2) is 23.8 Å². The number of thioether (sulfide) groups is 1. The van der Waals surface area contributed by atoms with Gasteiger partial charge in [-0.3, -0.25) is 4.79 Å². The summed E-state index contributed by atoms with van der Waals surface area (Å²) in [5.41, 5.74) is 0. The zero-order valence-corrected chi connectivity index (χ0v) is 8.02. The predicted molar refractivity (Wildman–Crippen MR) is 47.7 cm³/mol. The number of ether oxygens (including phenoxy) is 2. The van der Waals surface area contributed by atoms with Crippen molar-refractivity contribution >= 4 is 17.7 Å². The van der Waals surface area contributed by atoms with Crippen LogP contribution in [0.25, 0.3) is 0 Å². The molecule has 0 saturated carbocycles. The Morgan fingerprint density at radius 2 is 2.58 bits per heavy atom. The largest absolute Gasteiger partial charge is 0.485 e. The van der Waals surface area contributed by atoms with Crippen LogP contribution in [0.2, 0.25) is 0 Å². The van der Waals surface area contributed by atoms with Crippen molar-refractivity contribution < 1.29 is 14.3 Å². The first-order valence-corrected chi connectivity index (χ1v) is 4.68. The second kappa shape index (κ2) is 3.85. The smallest absolute Gasteiger partial charge is 0.315 e. The van der Waals surface area contributed by atoms with Crippen LogP contribution in [0.4, 0.5) is 0 Å². The lowest BCUT2D eigenvalue weighted by Gasteiger charge is -2.21. The highest BCUT2D eigenvalue weighted by molar-refractivity contribution is 8.01. The van der Waals surface area contributed by atoms with Crippen LogP contribution in [0.5, 0.6) is 0 Å². The van der Waals surface area contributed by atoms with Crippen molar-refractivity contribution in [3.8, 4) is 0 Å². The third kappa shape index (κ3) is 2.44. The van der Waals surface area contributed by atoms with E-state index in [1.54, 1.807) is 6.26 Å². The summed E-state index contributed by atoms with van der Waals surface area (Å²) in [4.78, 5) is 10.5. The van der Waals surface area contributed by atoms with Gasteiger partial charge >= 0.3 is 5.97 Å². The molecule has 1 heterocycles. The van der Waals surface area contributed by atoms with Crippen molar-refractivity contribution in [1.29, 1.82) is 0 Å². The van der Waals surface area contributed by atoms with Gasteiger partial charge in [0.1, 0.15) is 0 Å². The summed E-state index contributed by atoms with van der Waals surface area (Å²) in [7, 11) is 1.39. The van der Waals surface area contributed by atoms with E-state index >= 15 is 0 Å². The van der Waals surface area contributed by atoms with Gasteiger partial charge in [0, 0.05) is 6.42 Å². The lowest BCUT2D eigenvalue weighted by atomic mass is 10.3. The molecule has 0 aliphatic carbocycles. The van der Waals surface area contributed by atoms with Gasteiger partial charge in [-0.1, -0.05) is 0 Å². The van der Waals surface area contributed by atoms with Gasteiger partial charge in [-0.2, -0.15) is 0 Å². The van der Waals surface area contributed by atoms with Crippen molar-refractivity contribution in [3.63, 3.8) is 0 Å². The first kappa shape index (κ1) is 9.45. The minimum Gasteiger partial charge on any atom is -0.485 e. The molecule has 0 N–H and O–H groups in total. The Morgan fingerprint density at radius 3 is 3.08 bits per heavy atom. The van der Waals surface area contributed by atoms with Crippen molar-refractivity contribution in [2.75, 3.05) is 12.9 Å². The Bertz CT molecular complexity index is 192. The third-order valence-corrected chi connectivity index (χ3v) is 2.88. The maximum Gasteiger partial charge on any atom is 0.315 e. The van der Waals surface area contributed by atoms with E-state index in [0.29, 0.717) is 5.75 Å². The van der Waals surface area contributed by atoms with E-state index in [1.165, 1.54) is 18.9 Å². The Kier molecular flexibility index (Phi) is 3.03. The first-order valence-electron chi connectivity index (χ1n) is 3.70. The van der Waals surface area contributed by atoms with E-state index in [1.807, 2.05) is 13.0 Å². The Balaban J connectivity index is 2.27. The maximum absolute atomic E-state index is 10.8. The standard InChI is InChI=1S/C8H12O3S/c1-8(4-3-5-11-8)12-6-7(9)10-2/h3,5H,4,6H2,1-2H3/t8-/m0/s1. The summed E-state index contributed by atoms with van der Waals surface area (Å²) < 4.78 is 9.83. The summed E-state index contributed by atoms with van der Waals surface area (Å²) >= 11 is 1.46. The Morgan fingerprint density at radius 1 is 1.83 bits per heavy atom.